The third-order valence-electron chi connectivity index (χ3n) is 2.86. The molecule has 0 aliphatic heterocycles. The second-order valence-electron chi connectivity index (χ2n) is 4.16. The molecule has 19 heavy (non-hydrogen) atoms. The fraction of sp³-hybridized carbons (Fsp3) is 0.286. The van der Waals surface area contributed by atoms with Crippen LogP contribution in [-0.2, 0) is 6.42 Å². The third kappa shape index (κ3) is 3.87. The molecule has 102 valence electrons. The Labute approximate surface area is 132 Å². The first-order valence-corrected chi connectivity index (χ1v) is 7.98. The summed E-state index contributed by atoms with van der Waals surface area (Å²) in [5.41, 5.74) is 0.973. The number of hydrogen-bond donors (Lipinski definition) is 1. The van der Waals surface area contributed by atoms with Crippen LogP contribution in [0.5, 0.6) is 0 Å². The van der Waals surface area contributed by atoms with E-state index in [0.717, 1.165) is 22.9 Å². The van der Waals surface area contributed by atoms with Crippen LogP contribution < -0.4 is 5.32 Å². The Morgan fingerprint density at radius 3 is 2.32 bits per heavy atom. The van der Waals surface area contributed by atoms with Crippen molar-refractivity contribution in [3.05, 3.63) is 55.2 Å². The van der Waals surface area contributed by atoms with Gasteiger partial charge in [-0.1, -0.05) is 47.8 Å². The Hall–Kier alpha value is -0.250. The number of thiophene rings is 1. The molecule has 2 aromatic rings. The number of halogens is 3. The van der Waals surface area contributed by atoms with E-state index in [4.69, 9.17) is 34.8 Å². The lowest BCUT2D eigenvalue weighted by Crippen LogP contribution is -2.22. The highest BCUT2D eigenvalue weighted by Gasteiger charge is 2.16. The van der Waals surface area contributed by atoms with Crippen LogP contribution in [0.1, 0.15) is 23.4 Å². The zero-order valence-corrected chi connectivity index (χ0v) is 13.5. The summed E-state index contributed by atoms with van der Waals surface area (Å²) in [6.07, 6.45) is 0.753. The average Bonchev–Trinajstić information content (AvgIpc) is 2.79. The number of likely N-dealkylation sites (N-methyl/N-ethyl adjacent to an activating group) is 1. The van der Waals surface area contributed by atoms with Gasteiger partial charge in [0.1, 0.15) is 0 Å². The molecule has 0 saturated heterocycles. The molecule has 0 bridgehead atoms. The van der Waals surface area contributed by atoms with Crippen LogP contribution in [-0.4, -0.2) is 6.54 Å². The maximum absolute atomic E-state index is 6.23. The van der Waals surface area contributed by atoms with Gasteiger partial charge in [-0.05, 0) is 42.8 Å². The minimum atomic E-state index is 0.180. The maximum atomic E-state index is 6.23. The summed E-state index contributed by atoms with van der Waals surface area (Å²) >= 11 is 20.1. The van der Waals surface area contributed by atoms with Crippen molar-refractivity contribution in [3.8, 4) is 0 Å². The predicted molar refractivity (Wildman–Crippen MR) is 85.9 cm³/mol. The predicted octanol–water partition coefficient (Wildman–Crippen LogP) is 5.60. The molecular formula is C14H14Cl3NS. The van der Waals surface area contributed by atoms with Crippen molar-refractivity contribution >= 4 is 46.1 Å². The highest BCUT2D eigenvalue weighted by Crippen LogP contribution is 2.33. The quantitative estimate of drug-likeness (QED) is 0.750. The van der Waals surface area contributed by atoms with Crippen LogP contribution in [0, 0.1) is 0 Å². The van der Waals surface area contributed by atoms with E-state index >= 15 is 0 Å². The molecule has 1 heterocycles. The smallest absolute Gasteiger partial charge is 0.0931 e. The summed E-state index contributed by atoms with van der Waals surface area (Å²) in [5, 5.41) is 4.86. The van der Waals surface area contributed by atoms with Crippen LogP contribution >= 0.6 is 46.1 Å². The van der Waals surface area contributed by atoms with Crippen molar-refractivity contribution in [2.45, 2.75) is 19.4 Å². The number of rotatable bonds is 5. The summed E-state index contributed by atoms with van der Waals surface area (Å²) in [4.78, 5) is 1.20. The van der Waals surface area contributed by atoms with Crippen LogP contribution in [0.4, 0.5) is 0 Å². The molecule has 0 aliphatic rings. The van der Waals surface area contributed by atoms with Crippen LogP contribution in [0.25, 0.3) is 0 Å². The second-order valence-corrected chi connectivity index (χ2v) is 6.72. The van der Waals surface area contributed by atoms with Gasteiger partial charge < -0.3 is 5.32 Å². The van der Waals surface area contributed by atoms with Gasteiger partial charge in [0.25, 0.3) is 0 Å². The SMILES string of the molecule is CCNC(Cc1c(Cl)cccc1Cl)c1ccc(Cl)s1. The fourth-order valence-electron chi connectivity index (χ4n) is 1.97. The molecule has 0 saturated carbocycles. The fourth-order valence-corrected chi connectivity index (χ4v) is 3.66. The van der Waals surface area contributed by atoms with E-state index in [1.54, 1.807) is 11.3 Å². The van der Waals surface area contributed by atoms with E-state index in [2.05, 4.69) is 12.2 Å². The van der Waals surface area contributed by atoms with Gasteiger partial charge in [-0.3, -0.25) is 0 Å². The van der Waals surface area contributed by atoms with E-state index in [1.165, 1.54) is 4.88 Å². The Balaban J connectivity index is 2.26. The van der Waals surface area contributed by atoms with E-state index < -0.39 is 0 Å². The van der Waals surface area contributed by atoms with Gasteiger partial charge in [0.15, 0.2) is 0 Å². The molecule has 2 rings (SSSR count). The number of hydrogen-bond acceptors (Lipinski definition) is 2. The Bertz CT molecular complexity index is 533. The topological polar surface area (TPSA) is 12.0 Å². The van der Waals surface area contributed by atoms with E-state index in [-0.39, 0.29) is 6.04 Å². The maximum Gasteiger partial charge on any atom is 0.0931 e. The molecule has 1 nitrogen and oxygen atoms in total. The lowest BCUT2D eigenvalue weighted by Gasteiger charge is -2.18. The summed E-state index contributed by atoms with van der Waals surface area (Å²) in [7, 11) is 0. The first-order chi connectivity index (χ1) is 9.11. The van der Waals surface area contributed by atoms with E-state index in [0.29, 0.717) is 10.0 Å². The van der Waals surface area contributed by atoms with Gasteiger partial charge in [-0.25, -0.2) is 0 Å². The monoisotopic (exact) mass is 333 g/mol. The highest BCUT2D eigenvalue weighted by atomic mass is 35.5. The molecule has 0 fully saturated rings. The molecule has 1 atom stereocenters. The summed E-state index contributed by atoms with van der Waals surface area (Å²) < 4.78 is 0.795. The van der Waals surface area contributed by atoms with Gasteiger partial charge in [0, 0.05) is 21.0 Å². The molecule has 5 heteroatoms. The number of nitrogens with one attached hydrogen (secondary N) is 1. The minimum absolute atomic E-state index is 0.180. The van der Waals surface area contributed by atoms with Gasteiger partial charge in [-0.2, -0.15) is 0 Å². The van der Waals surface area contributed by atoms with Crippen LogP contribution in [0.2, 0.25) is 14.4 Å². The van der Waals surface area contributed by atoms with Gasteiger partial charge >= 0.3 is 0 Å². The normalized spacial score (nSPS) is 12.6. The Morgan fingerprint density at radius 1 is 1.11 bits per heavy atom. The van der Waals surface area contributed by atoms with Gasteiger partial charge in [0.05, 0.1) is 4.34 Å². The van der Waals surface area contributed by atoms with Crippen molar-refractivity contribution in [1.82, 2.24) is 5.32 Å². The molecule has 1 aromatic heterocycles. The molecule has 0 amide bonds. The molecule has 1 N–H and O–H groups in total. The van der Waals surface area contributed by atoms with E-state index in [9.17, 15) is 0 Å². The van der Waals surface area contributed by atoms with Crippen molar-refractivity contribution in [1.29, 1.82) is 0 Å². The van der Waals surface area contributed by atoms with Gasteiger partial charge in [-0.15, -0.1) is 11.3 Å². The summed E-state index contributed by atoms with van der Waals surface area (Å²) in [6.45, 7) is 2.96. The largest absolute Gasteiger partial charge is 0.309 e. The van der Waals surface area contributed by atoms with Gasteiger partial charge in [0.2, 0.25) is 0 Å². The summed E-state index contributed by atoms with van der Waals surface area (Å²) in [5.74, 6) is 0. The van der Waals surface area contributed by atoms with E-state index in [1.807, 2.05) is 30.3 Å². The van der Waals surface area contributed by atoms with Crippen molar-refractivity contribution in [2.24, 2.45) is 0 Å². The zero-order chi connectivity index (χ0) is 13.8. The molecule has 0 spiro atoms. The molecule has 0 radical (unpaired) electrons. The zero-order valence-electron chi connectivity index (χ0n) is 10.4. The van der Waals surface area contributed by atoms with Crippen molar-refractivity contribution in [2.75, 3.05) is 6.54 Å². The van der Waals surface area contributed by atoms with Crippen molar-refractivity contribution in [3.63, 3.8) is 0 Å². The summed E-state index contributed by atoms with van der Waals surface area (Å²) in [6, 6.07) is 9.74. The molecule has 0 aliphatic carbocycles. The lowest BCUT2D eigenvalue weighted by atomic mass is 10.0. The first-order valence-electron chi connectivity index (χ1n) is 6.03. The minimum Gasteiger partial charge on any atom is -0.309 e. The second kappa shape index (κ2) is 6.96. The first kappa shape index (κ1) is 15.1. The third-order valence-corrected chi connectivity index (χ3v) is 4.91. The standard InChI is InChI=1S/C14H14Cl3NS/c1-2-18-12(13-6-7-14(17)19-13)8-9-10(15)4-3-5-11(9)16/h3-7,12,18H,2,8H2,1H3. The molecular weight excluding hydrogens is 321 g/mol. The molecule has 1 unspecified atom stereocenters. The molecule has 1 aromatic carbocycles. The van der Waals surface area contributed by atoms with Crippen LogP contribution in [0.3, 0.4) is 0 Å². The average molecular weight is 335 g/mol. The van der Waals surface area contributed by atoms with Crippen LogP contribution in [0.15, 0.2) is 30.3 Å². The Morgan fingerprint density at radius 2 is 1.79 bits per heavy atom. The lowest BCUT2D eigenvalue weighted by molar-refractivity contribution is 0.558. The number of benzene rings is 1. The van der Waals surface area contributed by atoms with Crippen molar-refractivity contribution < 1.29 is 0 Å². The highest BCUT2D eigenvalue weighted by molar-refractivity contribution is 7.16. The Kier molecular flexibility index (Phi) is 5.55.